The number of ether oxygens (including phenoxy) is 1. The smallest absolute Gasteiger partial charge is 0.337 e. The van der Waals surface area contributed by atoms with Crippen molar-refractivity contribution in [3.05, 3.63) is 64.1 Å². The number of halogens is 1. The topological polar surface area (TPSA) is 75.6 Å². The second-order valence-electron chi connectivity index (χ2n) is 4.57. The SMILES string of the molecule is COc1cc(/C=C/C(=O)Nc2ccccc2C(=O)O)ccc1Br. The molecule has 0 spiro atoms. The van der Waals surface area contributed by atoms with Crippen molar-refractivity contribution in [2.45, 2.75) is 0 Å². The van der Waals surface area contributed by atoms with Gasteiger partial charge >= 0.3 is 5.97 Å². The average Bonchev–Trinajstić information content (AvgIpc) is 2.54. The van der Waals surface area contributed by atoms with E-state index >= 15 is 0 Å². The van der Waals surface area contributed by atoms with Gasteiger partial charge in [-0.1, -0.05) is 18.2 Å². The Labute approximate surface area is 141 Å². The maximum absolute atomic E-state index is 12.0. The second kappa shape index (κ2) is 7.60. The Morgan fingerprint density at radius 3 is 2.65 bits per heavy atom. The van der Waals surface area contributed by atoms with Crippen LogP contribution in [0.25, 0.3) is 6.08 Å². The van der Waals surface area contributed by atoms with Crippen LogP contribution < -0.4 is 10.1 Å². The van der Waals surface area contributed by atoms with E-state index in [2.05, 4.69) is 21.2 Å². The van der Waals surface area contributed by atoms with Crippen molar-refractivity contribution in [3.63, 3.8) is 0 Å². The molecule has 5 nitrogen and oxygen atoms in total. The molecule has 0 aliphatic heterocycles. The maximum Gasteiger partial charge on any atom is 0.337 e. The van der Waals surface area contributed by atoms with E-state index in [0.717, 1.165) is 10.0 Å². The largest absolute Gasteiger partial charge is 0.496 e. The van der Waals surface area contributed by atoms with Crippen molar-refractivity contribution in [1.82, 2.24) is 0 Å². The van der Waals surface area contributed by atoms with Crippen LogP contribution in [-0.4, -0.2) is 24.1 Å². The molecule has 0 radical (unpaired) electrons. The first-order chi connectivity index (χ1) is 11.0. The molecule has 2 N–H and O–H groups in total. The number of amides is 1. The zero-order valence-electron chi connectivity index (χ0n) is 12.2. The molecule has 2 aromatic carbocycles. The van der Waals surface area contributed by atoms with Crippen molar-refractivity contribution < 1.29 is 19.4 Å². The minimum absolute atomic E-state index is 0.0413. The lowest BCUT2D eigenvalue weighted by Gasteiger charge is -2.06. The minimum Gasteiger partial charge on any atom is -0.496 e. The number of carbonyl (C=O) groups excluding carboxylic acids is 1. The Morgan fingerprint density at radius 2 is 1.96 bits per heavy atom. The van der Waals surface area contributed by atoms with Crippen molar-refractivity contribution in [2.75, 3.05) is 12.4 Å². The Kier molecular flexibility index (Phi) is 5.54. The molecule has 0 aliphatic carbocycles. The fourth-order valence-electron chi connectivity index (χ4n) is 1.90. The van der Waals surface area contributed by atoms with Gasteiger partial charge in [0.2, 0.25) is 5.91 Å². The number of nitrogens with one attached hydrogen (secondary N) is 1. The Bertz CT molecular complexity index is 771. The van der Waals surface area contributed by atoms with Crippen LogP contribution in [0.4, 0.5) is 5.69 Å². The number of hydrogen-bond acceptors (Lipinski definition) is 3. The molecule has 0 aromatic heterocycles. The number of benzene rings is 2. The molecule has 23 heavy (non-hydrogen) atoms. The highest BCUT2D eigenvalue weighted by Gasteiger charge is 2.10. The summed E-state index contributed by atoms with van der Waals surface area (Å²) >= 11 is 3.35. The zero-order chi connectivity index (χ0) is 16.8. The van der Waals surface area contributed by atoms with E-state index in [1.165, 1.54) is 18.2 Å². The Balaban J connectivity index is 2.12. The summed E-state index contributed by atoms with van der Waals surface area (Å²) in [5.41, 5.74) is 1.08. The van der Waals surface area contributed by atoms with Crippen LogP contribution in [0.3, 0.4) is 0 Å². The highest BCUT2D eigenvalue weighted by atomic mass is 79.9. The number of hydrogen-bond donors (Lipinski definition) is 2. The molecule has 0 bridgehead atoms. The number of aromatic carboxylic acids is 1. The summed E-state index contributed by atoms with van der Waals surface area (Å²) in [6.45, 7) is 0. The first-order valence-corrected chi connectivity index (χ1v) is 7.45. The minimum atomic E-state index is -1.09. The summed E-state index contributed by atoms with van der Waals surface area (Å²) < 4.78 is 6.00. The van der Waals surface area contributed by atoms with Crippen molar-refractivity contribution in [1.29, 1.82) is 0 Å². The van der Waals surface area contributed by atoms with E-state index in [1.807, 2.05) is 12.1 Å². The second-order valence-corrected chi connectivity index (χ2v) is 5.42. The third kappa shape index (κ3) is 4.43. The molecule has 0 atom stereocenters. The van der Waals surface area contributed by atoms with E-state index in [9.17, 15) is 9.59 Å². The quantitative estimate of drug-likeness (QED) is 0.779. The molecule has 0 saturated heterocycles. The molecule has 2 aromatic rings. The molecule has 1 amide bonds. The predicted molar refractivity (Wildman–Crippen MR) is 91.8 cm³/mol. The Morgan fingerprint density at radius 1 is 1.22 bits per heavy atom. The molecule has 0 unspecified atom stereocenters. The first-order valence-electron chi connectivity index (χ1n) is 6.66. The first kappa shape index (κ1) is 16.8. The van der Waals surface area contributed by atoms with E-state index in [-0.39, 0.29) is 11.3 Å². The molecule has 0 fully saturated rings. The Hall–Kier alpha value is -2.60. The van der Waals surface area contributed by atoms with Crippen LogP contribution in [0.5, 0.6) is 5.75 Å². The van der Waals surface area contributed by atoms with Gasteiger partial charge in [0.15, 0.2) is 0 Å². The summed E-state index contributed by atoms with van der Waals surface area (Å²) in [4.78, 5) is 23.0. The lowest BCUT2D eigenvalue weighted by Crippen LogP contribution is -2.11. The summed E-state index contributed by atoms with van der Waals surface area (Å²) in [6.07, 6.45) is 2.95. The summed E-state index contributed by atoms with van der Waals surface area (Å²) in [7, 11) is 1.56. The number of carboxylic acid groups (broad SMARTS) is 1. The van der Waals surface area contributed by atoms with Crippen LogP contribution in [0.1, 0.15) is 15.9 Å². The molecular formula is C17H14BrNO4. The summed E-state index contributed by atoms with van der Waals surface area (Å²) in [6, 6.07) is 11.6. The summed E-state index contributed by atoms with van der Waals surface area (Å²) in [5.74, 6) is -0.855. The van der Waals surface area contributed by atoms with Crippen LogP contribution in [0.2, 0.25) is 0 Å². The maximum atomic E-state index is 12.0. The van der Waals surface area contributed by atoms with Gasteiger partial charge in [0.25, 0.3) is 0 Å². The van der Waals surface area contributed by atoms with Gasteiger partial charge in [-0.25, -0.2) is 4.79 Å². The van der Waals surface area contributed by atoms with Gasteiger partial charge in [-0.15, -0.1) is 0 Å². The van der Waals surface area contributed by atoms with Crippen LogP contribution in [0.15, 0.2) is 53.0 Å². The summed E-state index contributed by atoms with van der Waals surface area (Å²) in [5, 5.41) is 11.6. The van der Waals surface area contributed by atoms with Gasteiger partial charge < -0.3 is 15.2 Å². The fraction of sp³-hybridized carbons (Fsp3) is 0.0588. The molecule has 0 saturated carbocycles. The van der Waals surface area contributed by atoms with Gasteiger partial charge in [-0.2, -0.15) is 0 Å². The number of rotatable bonds is 5. The zero-order valence-corrected chi connectivity index (χ0v) is 13.8. The van der Waals surface area contributed by atoms with Gasteiger partial charge in [0.1, 0.15) is 5.75 Å². The van der Waals surface area contributed by atoms with Crippen molar-refractivity contribution in [3.8, 4) is 5.75 Å². The molecular weight excluding hydrogens is 362 g/mol. The third-order valence-electron chi connectivity index (χ3n) is 3.02. The monoisotopic (exact) mass is 375 g/mol. The van der Waals surface area contributed by atoms with E-state index in [0.29, 0.717) is 5.75 Å². The van der Waals surface area contributed by atoms with Gasteiger partial charge in [0.05, 0.1) is 22.8 Å². The van der Waals surface area contributed by atoms with E-state index in [1.54, 1.807) is 31.4 Å². The van der Waals surface area contributed by atoms with Crippen molar-refractivity contribution >= 4 is 39.6 Å². The lowest BCUT2D eigenvalue weighted by molar-refractivity contribution is -0.111. The number of para-hydroxylation sites is 1. The number of carboxylic acids is 1. The molecule has 2 rings (SSSR count). The predicted octanol–water partition coefficient (Wildman–Crippen LogP) is 3.81. The van der Waals surface area contributed by atoms with E-state index in [4.69, 9.17) is 9.84 Å². The molecule has 118 valence electrons. The molecule has 0 aliphatic rings. The fourth-order valence-corrected chi connectivity index (χ4v) is 2.31. The standard InChI is InChI=1S/C17H14BrNO4/c1-23-15-10-11(6-8-13(15)18)7-9-16(20)19-14-5-3-2-4-12(14)17(21)22/h2-10H,1H3,(H,19,20)(H,21,22)/b9-7+. The van der Waals surface area contributed by atoms with E-state index < -0.39 is 11.9 Å². The number of carbonyl (C=O) groups is 2. The van der Waals surface area contributed by atoms with Gasteiger partial charge in [0, 0.05) is 6.08 Å². The average molecular weight is 376 g/mol. The molecule has 0 heterocycles. The van der Waals surface area contributed by atoms with Crippen LogP contribution in [0, 0.1) is 0 Å². The van der Waals surface area contributed by atoms with Crippen molar-refractivity contribution in [2.24, 2.45) is 0 Å². The highest BCUT2D eigenvalue weighted by molar-refractivity contribution is 9.10. The van der Waals surface area contributed by atoms with Gasteiger partial charge in [-0.05, 0) is 51.8 Å². The lowest BCUT2D eigenvalue weighted by atomic mass is 10.1. The number of anilines is 1. The van der Waals surface area contributed by atoms with Gasteiger partial charge in [-0.3, -0.25) is 4.79 Å². The highest BCUT2D eigenvalue weighted by Crippen LogP contribution is 2.26. The number of methoxy groups -OCH3 is 1. The van der Waals surface area contributed by atoms with Crippen LogP contribution in [-0.2, 0) is 4.79 Å². The normalized spacial score (nSPS) is 10.5. The van der Waals surface area contributed by atoms with Crippen LogP contribution >= 0.6 is 15.9 Å². The third-order valence-corrected chi connectivity index (χ3v) is 3.67. The molecule has 6 heteroatoms.